The van der Waals surface area contributed by atoms with Gasteiger partial charge in [-0.1, -0.05) is 30.9 Å². The van der Waals surface area contributed by atoms with E-state index in [2.05, 4.69) is 5.32 Å². The molecule has 1 saturated carbocycles. The minimum Gasteiger partial charge on any atom is -0.497 e. The zero-order valence-electron chi connectivity index (χ0n) is 24.6. The number of carbonyl (C=O) groups excluding carboxylic acids is 3. The summed E-state index contributed by atoms with van der Waals surface area (Å²) in [5.74, 6) is 0.415. The topological polar surface area (TPSA) is 89.9 Å². The summed E-state index contributed by atoms with van der Waals surface area (Å²) in [4.78, 5) is 41.8. The Morgan fingerprint density at radius 2 is 1.73 bits per heavy atom. The lowest BCUT2D eigenvalue weighted by Crippen LogP contribution is -2.46. The highest BCUT2D eigenvalue weighted by Crippen LogP contribution is 2.32. The van der Waals surface area contributed by atoms with Crippen molar-refractivity contribution < 1.29 is 23.9 Å². The van der Waals surface area contributed by atoms with Gasteiger partial charge in [-0.2, -0.15) is 0 Å². The normalized spacial score (nSPS) is 14.1. The highest BCUT2D eigenvalue weighted by Gasteiger charge is 2.28. The lowest BCUT2D eigenvalue weighted by molar-refractivity contribution is -0.133. The number of amides is 2. The number of aromatic nitrogens is 1. The number of benzene rings is 2. The Bertz CT molecular complexity index is 1400. The number of methoxy groups -OCH3 is 1. The van der Waals surface area contributed by atoms with E-state index in [-0.39, 0.29) is 24.3 Å². The van der Waals surface area contributed by atoms with Crippen molar-refractivity contribution in [2.24, 2.45) is 0 Å². The first kappa shape index (κ1) is 30.4. The Morgan fingerprint density at radius 1 is 1.05 bits per heavy atom. The molecule has 9 heteroatoms. The Hall–Kier alpha value is -3.52. The van der Waals surface area contributed by atoms with Gasteiger partial charge in [-0.3, -0.25) is 14.2 Å². The predicted octanol–water partition coefficient (Wildman–Crippen LogP) is 6.53. The molecule has 0 bridgehead atoms. The number of alkyl carbamates (subject to hydrolysis) is 1. The van der Waals surface area contributed by atoms with Gasteiger partial charge in [0.05, 0.1) is 19.0 Å². The van der Waals surface area contributed by atoms with E-state index in [4.69, 9.17) is 21.1 Å². The molecule has 1 aliphatic carbocycles. The Labute approximate surface area is 246 Å². The number of ether oxygens (including phenoxy) is 2. The molecule has 1 fully saturated rings. The zero-order valence-corrected chi connectivity index (χ0v) is 25.3. The summed E-state index contributed by atoms with van der Waals surface area (Å²) in [6.45, 7) is 7.99. The van der Waals surface area contributed by atoms with Crippen LogP contribution >= 0.6 is 11.6 Å². The van der Waals surface area contributed by atoms with E-state index >= 15 is 0 Å². The van der Waals surface area contributed by atoms with Crippen molar-refractivity contribution in [3.8, 4) is 5.75 Å². The quantitative estimate of drug-likeness (QED) is 0.327. The van der Waals surface area contributed by atoms with Crippen LogP contribution in [0.2, 0.25) is 5.02 Å². The molecular weight excluding hydrogens is 542 g/mol. The standard InChI is InChI=1S/C32H40ClN3O5/c1-21-26(20-29(37)35(24-9-7-6-8-10-24)18-17-34-31(39)41-32(2,3)4)27-19-25(40-5)15-16-28(27)36(21)30(38)22-11-13-23(33)14-12-22/h11-16,19,24H,6-10,17-18,20H2,1-5H3,(H,34,39). The van der Waals surface area contributed by atoms with Crippen LogP contribution < -0.4 is 10.1 Å². The highest BCUT2D eigenvalue weighted by molar-refractivity contribution is 6.30. The summed E-state index contributed by atoms with van der Waals surface area (Å²) in [6.07, 6.45) is 4.79. The minimum atomic E-state index is -0.598. The molecule has 1 heterocycles. The zero-order chi connectivity index (χ0) is 29.7. The maximum absolute atomic E-state index is 14.0. The fraction of sp³-hybridized carbons (Fsp3) is 0.469. The molecule has 220 valence electrons. The average Bonchev–Trinajstić information content (AvgIpc) is 3.20. The van der Waals surface area contributed by atoms with Gasteiger partial charge < -0.3 is 19.7 Å². The maximum Gasteiger partial charge on any atom is 0.407 e. The van der Waals surface area contributed by atoms with E-state index < -0.39 is 11.7 Å². The summed E-state index contributed by atoms with van der Waals surface area (Å²) in [7, 11) is 1.59. The number of nitrogens with zero attached hydrogens (tertiary/aromatic N) is 2. The third kappa shape index (κ3) is 7.41. The Kier molecular flexibility index (Phi) is 9.64. The summed E-state index contributed by atoms with van der Waals surface area (Å²) in [5.41, 5.74) is 2.10. The van der Waals surface area contributed by atoms with Gasteiger partial charge in [0, 0.05) is 40.8 Å². The summed E-state index contributed by atoms with van der Waals surface area (Å²) < 4.78 is 12.5. The molecule has 4 rings (SSSR count). The molecule has 0 unspecified atom stereocenters. The molecule has 0 atom stereocenters. The third-order valence-corrected chi connectivity index (χ3v) is 7.77. The first-order valence-electron chi connectivity index (χ1n) is 14.2. The molecule has 0 saturated heterocycles. The van der Waals surface area contributed by atoms with Crippen molar-refractivity contribution in [3.63, 3.8) is 0 Å². The molecule has 0 spiro atoms. The van der Waals surface area contributed by atoms with Crippen LogP contribution in [0.1, 0.15) is 74.5 Å². The van der Waals surface area contributed by atoms with E-state index in [1.807, 2.05) is 50.8 Å². The van der Waals surface area contributed by atoms with Gasteiger partial charge >= 0.3 is 6.09 Å². The second-order valence-corrected chi connectivity index (χ2v) is 12.0. The molecule has 1 aliphatic rings. The van der Waals surface area contributed by atoms with Crippen LogP contribution in [0.3, 0.4) is 0 Å². The van der Waals surface area contributed by atoms with Crippen molar-refractivity contribution in [1.29, 1.82) is 0 Å². The largest absolute Gasteiger partial charge is 0.497 e. The lowest BCUT2D eigenvalue weighted by Gasteiger charge is -2.34. The second kappa shape index (κ2) is 13.0. The number of nitrogens with one attached hydrogen (secondary N) is 1. The van der Waals surface area contributed by atoms with Gasteiger partial charge in [-0.05, 0) is 88.6 Å². The van der Waals surface area contributed by atoms with Crippen molar-refractivity contribution in [2.45, 2.75) is 77.9 Å². The van der Waals surface area contributed by atoms with Crippen LogP contribution in [0.4, 0.5) is 4.79 Å². The van der Waals surface area contributed by atoms with Crippen molar-refractivity contribution in [2.75, 3.05) is 20.2 Å². The summed E-state index contributed by atoms with van der Waals surface area (Å²) in [5, 5.41) is 4.15. The van der Waals surface area contributed by atoms with E-state index in [1.165, 1.54) is 0 Å². The van der Waals surface area contributed by atoms with Crippen molar-refractivity contribution in [3.05, 3.63) is 64.3 Å². The van der Waals surface area contributed by atoms with Gasteiger partial charge in [-0.25, -0.2) is 4.79 Å². The minimum absolute atomic E-state index is 0.0354. The van der Waals surface area contributed by atoms with Crippen LogP contribution in [0.5, 0.6) is 5.75 Å². The molecule has 2 aromatic carbocycles. The molecule has 41 heavy (non-hydrogen) atoms. The number of rotatable bonds is 8. The van der Waals surface area contributed by atoms with Gasteiger partial charge in [0.15, 0.2) is 0 Å². The molecule has 0 aliphatic heterocycles. The second-order valence-electron chi connectivity index (χ2n) is 11.6. The molecule has 0 radical (unpaired) electrons. The van der Waals surface area contributed by atoms with Crippen LogP contribution in [0, 0.1) is 6.92 Å². The Balaban J connectivity index is 1.64. The SMILES string of the molecule is COc1ccc2c(c1)c(CC(=O)N(CCNC(=O)OC(C)(C)C)C1CCCCC1)c(C)n2C(=O)c1ccc(Cl)cc1. The number of halogens is 1. The highest BCUT2D eigenvalue weighted by atomic mass is 35.5. The van der Waals surface area contributed by atoms with Crippen molar-refractivity contribution in [1.82, 2.24) is 14.8 Å². The van der Waals surface area contributed by atoms with E-state index in [9.17, 15) is 14.4 Å². The summed E-state index contributed by atoms with van der Waals surface area (Å²) >= 11 is 6.05. The van der Waals surface area contributed by atoms with E-state index in [0.29, 0.717) is 40.6 Å². The number of carbonyl (C=O) groups is 3. The molecule has 3 aromatic rings. The van der Waals surface area contributed by atoms with Crippen molar-refractivity contribution >= 4 is 40.4 Å². The monoisotopic (exact) mass is 581 g/mol. The van der Waals surface area contributed by atoms with Gasteiger partial charge in [-0.15, -0.1) is 0 Å². The van der Waals surface area contributed by atoms with Gasteiger partial charge in [0.1, 0.15) is 11.4 Å². The number of hydrogen-bond donors (Lipinski definition) is 1. The number of fused-ring (bicyclic) bond motifs is 1. The Morgan fingerprint density at radius 3 is 2.37 bits per heavy atom. The predicted molar refractivity (Wildman–Crippen MR) is 161 cm³/mol. The average molecular weight is 582 g/mol. The third-order valence-electron chi connectivity index (χ3n) is 7.52. The first-order valence-corrected chi connectivity index (χ1v) is 14.6. The summed E-state index contributed by atoms with van der Waals surface area (Å²) in [6, 6.07) is 12.4. The molecule has 2 amide bonds. The van der Waals surface area contributed by atoms with Gasteiger partial charge in [0.25, 0.3) is 5.91 Å². The van der Waals surface area contributed by atoms with Crippen LogP contribution in [-0.4, -0.2) is 59.2 Å². The molecule has 1 N–H and O–H groups in total. The number of hydrogen-bond acceptors (Lipinski definition) is 5. The van der Waals surface area contributed by atoms with Gasteiger partial charge in [0.2, 0.25) is 5.91 Å². The van der Waals surface area contributed by atoms with Crippen LogP contribution in [0.25, 0.3) is 10.9 Å². The lowest BCUT2D eigenvalue weighted by atomic mass is 9.93. The molecule has 8 nitrogen and oxygen atoms in total. The van der Waals surface area contributed by atoms with Crippen LogP contribution in [0.15, 0.2) is 42.5 Å². The fourth-order valence-electron chi connectivity index (χ4n) is 5.54. The first-order chi connectivity index (χ1) is 19.5. The maximum atomic E-state index is 14.0. The molecule has 1 aromatic heterocycles. The smallest absolute Gasteiger partial charge is 0.407 e. The van der Waals surface area contributed by atoms with E-state index in [1.54, 1.807) is 35.9 Å². The van der Waals surface area contributed by atoms with E-state index in [0.717, 1.165) is 43.1 Å². The fourth-order valence-corrected chi connectivity index (χ4v) is 5.67. The molecular formula is C32H40ClN3O5. The van der Waals surface area contributed by atoms with Crippen LogP contribution in [-0.2, 0) is 16.0 Å².